The van der Waals surface area contributed by atoms with Crippen LogP contribution in [0.4, 0.5) is 0 Å². The lowest BCUT2D eigenvalue weighted by molar-refractivity contribution is 0.559. The van der Waals surface area contributed by atoms with Crippen molar-refractivity contribution in [3.05, 3.63) is 34.3 Å². The molecular weight excluding hydrogens is 270 g/mol. The van der Waals surface area contributed by atoms with Gasteiger partial charge in [0.25, 0.3) is 0 Å². The van der Waals surface area contributed by atoms with Crippen molar-refractivity contribution in [2.45, 2.75) is 31.2 Å². The molecule has 1 atom stereocenters. The SMILES string of the molecule is Cc1[nH]ncc1S(=O)(=O)NC(C)Cc1ccsc1. The zero-order valence-corrected chi connectivity index (χ0v) is 11.8. The first kappa shape index (κ1) is 13.3. The van der Waals surface area contributed by atoms with Crippen molar-refractivity contribution in [1.29, 1.82) is 0 Å². The molecule has 0 radical (unpaired) electrons. The van der Waals surface area contributed by atoms with Crippen molar-refractivity contribution < 1.29 is 8.42 Å². The number of rotatable bonds is 5. The number of H-pyrrole nitrogens is 1. The molecule has 2 heterocycles. The molecule has 0 aliphatic carbocycles. The van der Waals surface area contributed by atoms with E-state index in [0.717, 1.165) is 5.56 Å². The van der Waals surface area contributed by atoms with Crippen LogP contribution >= 0.6 is 11.3 Å². The van der Waals surface area contributed by atoms with Gasteiger partial charge >= 0.3 is 0 Å². The molecule has 0 amide bonds. The first-order valence-corrected chi connectivity index (χ1v) is 7.95. The van der Waals surface area contributed by atoms with Gasteiger partial charge in [0.2, 0.25) is 10.0 Å². The number of thiophene rings is 1. The van der Waals surface area contributed by atoms with Crippen LogP contribution in [0.2, 0.25) is 0 Å². The van der Waals surface area contributed by atoms with Crippen LogP contribution in [0.15, 0.2) is 27.9 Å². The van der Waals surface area contributed by atoms with Crippen molar-refractivity contribution in [2.75, 3.05) is 0 Å². The smallest absolute Gasteiger partial charge is 0.244 e. The van der Waals surface area contributed by atoms with Gasteiger partial charge < -0.3 is 0 Å². The second kappa shape index (κ2) is 5.21. The van der Waals surface area contributed by atoms with Crippen molar-refractivity contribution in [3.8, 4) is 0 Å². The monoisotopic (exact) mass is 285 g/mol. The third-order valence-corrected chi connectivity index (χ3v) is 4.99. The number of sulfonamides is 1. The van der Waals surface area contributed by atoms with Crippen LogP contribution in [0.25, 0.3) is 0 Å². The van der Waals surface area contributed by atoms with Crippen LogP contribution in [0.5, 0.6) is 0 Å². The second-order valence-corrected chi connectivity index (χ2v) is 6.68. The van der Waals surface area contributed by atoms with E-state index in [4.69, 9.17) is 0 Å². The molecule has 0 saturated heterocycles. The summed E-state index contributed by atoms with van der Waals surface area (Å²) < 4.78 is 26.8. The minimum atomic E-state index is -3.49. The number of aromatic nitrogens is 2. The number of nitrogens with zero attached hydrogens (tertiary/aromatic N) is 1. The molecule has 7 heteroatoms. The van der Waals surface area contributed by atoms with E-state index in [-0.39, 0.29) is 10.9 Å². The summed E-state index contributed by atoms with van der Waals surface area (Å²) in [5.74, 6) is 0. The highest BCUT2D eigenvalue weighted by molar-refractivity contribution is 7.89. The summed E-state index contributed by atoms with van der Waals surface area (Å²) in [4.78, 5) is 0.208. The van der Waals surface area contributed by atoms with Crippen LogP contribution in [0.1, 0.15) is 18.2 Å². The van der Waals surface area contributed by atoms with Gasteiger partial charge in [0.05, 0.1) is 11.9 Å². The Morgan fingerprint density at radius 2 is 2.33 bits per heavy atom. The highest BCUT2D eigenvalue weighted by atomic mass is 32.2. The number of hydrogen-bond acceptors (Lipinski definition) is 4. The molecule has 2 aromatic rings. The van der Waals surface area contributed by atoms with Crippen molar-refractivity contribution >= 4 is 21.4 Å². The predicted molar refractivity (Wildman–Crippen MR) is 71.1 cm³/mol. The minimum Gasteiger partial charge on any atom is -0.281 e. The summed E-state index contributed by atoms with van der Waals surface area (Å²) in [6.45, 7) is 3.54. The maximum Gasteiger partial charge on any atom is 0.244 e. The van der Waals surface area contributed by atoms with Crippen molar-refractivity contribution in [3.63, 3.8) is 0 Å². The Morgan fingerprint density at radius 1 is 1.56 bits per heavy atom. The number of aryl methyl sites for hydroxylation is 1. The maximum atomic E-state index is 12.1. The molecule has 2 aromatic heterocycles. The fraction of sp³-hybridized carbons (Fsp3) is 0.364. The Bertz CT molecular complexity index is 602. The third-order valence-electron chi connectivity index (χ3n) is 2.55. The molecular formula is C11H15N3O2S2. The van der Waals surface area contributed by atoms with Crippen LogP contribution in [-0.2, 0) is 16.4 Å². The highest BCUT2D eigenvalue weighted by Crippen LogP contribution is 2.13. The van der Waals surface area contributed by atoms with E-state index in [0.29, 0.717) is 12.1 Å². The summed E-state index contributed by atoms with van der Waals surface area (Å²) >= 11 is 1.61. The average Bonchev–Trinajstić information content (AvgIpc) is 2.88. The molecule has 18 heavy (non-hydrogen) atoms. The Balaban J connectivity index is 2.07. The summed E-state index contributed by atoms with van der Waals surface area (Å²) in [6.07, 6.45) is 2.01. The molecule has 98 valence electrons. The Morgan fingerprint density at radius 3 is 2.89 bits per heavy atom. The normalized spacial score (nSPS) is 13.7. The van der Waals surface area contributed by atoms with Crippen LogP contribution in [0.3, 0.4) is 0 Å². The summed E-state index contributed by atoms with van der Waals surface area (Å²) in [6, 6.07) is 1.84. The number of aromatic amines is 1. The lowest BCUT2D eigenvalue weighted by Gasteiger charge is -2.13. The molecule has 0 spiro atoms. The van der Waals surface area contributed by atoms with Crippen LogP contribution in [-0.4, -0.2) is 24.7 Å². The van der Waals surface area contributed by atoms with E-state index in [1.165, 1.54) is 6.20 Å². The fourth-order valence-corrected chi connectivity index (χ4v) is 3.80. The Labute approximate surface area is 110 Å². The molecule has 2 rings (SSSR count). The lowest BCUT2D eigenvalue weighted by atomic mass is 10.1. The summed E-state index contributed by atoms with van der Waals surface area (Å²) in [5, 5.41) is 10.4. The Kier molecular flexibility index (Phi) is 3.84. The van der Waals surface area contributed by atoms with Crippen molar-refractivity contribution in [1.82, 2.24) is 14.9 Å². The van der Waals surface area contributed by atoms with Gasteiger partial charge in [0.15, 0.2) is 0 Å². The van der Waals surface area contributed by atoms with E-state index in [2.05, 4.69) is 14.9 Å². The van der Waals surface area contributed by atoms with Gasteiger partial charge in [-0.25, -0.2) is 13.1 Å². The van der Waals surface area contributed by atoms with E-state index in [1.54, 1.807) is 18.3 Å². The molecule has 0 fully saturated rings. The van der Waals surface area contributed by atoms with Crippen LogP contribution < -0.4 is 4.72 Å². The Hall–Kier alpha value is -1.18. The molecule has 2 N–H and O–H groups in total. The van der Waals surface area contributed by atoms with E-state index < -0.39 is 10.0 Å². The fourth-order valence-electron chi connectivity index (χ4n) is 1.74. The van der Waals surface area contributed by atoms with Gasteiger partial charge in [0.1, 0.15) is 4.90 Å². The highest BCUT2D eigenvalue weighted by Gasteiger charge is 2.21. The van der Waals surface area contributed by atoms with Gasteiger partial charge in [-0.2, -0.15) is 16.4 Å². The molecule has 0 bridgehead atoms. The largest absolute Gasteiger partial charge is 0.281 e. The first-order valence-electron chi connectivity index (χ1n) is 5.52. The van der Waals surface area contributed by atoms with E-state index in [9.17, 15) is 8.42 Å². The van der Waals surface area contributed by atoms with Crippen molar-refractivity contribution in [2.24, 2.45) is 0 Å². The number of nitrogens with one attached hydrogen (secondary N) is 2. The van der Waals surface area contributed by atoms with Crippen LogP contribution in [0, 0.1) is 6.92 Å². The zero-order valence-electron chi connectivity index (χ0n) is 10.2. The molecule has 0 aliphatic rings. The first-order chi connectivity index (χ1) is 8.49. The zero-order chi connectivity index (χ0) is 13.2. The quantitative estimate of drug-likeness (QED) is 0.878. The molecule has 0 aliphatic heterocycles. The van der Waals surface area contributed by atoms with Gasteiger partial charge in [-0.15, -0.1) is 0 Å². The molecule has 0 aromatic carbocycles. The molecule has 1 unspecified atom stereocenters. The minimum absolute atomic E-state index is 0.154. The number of hydrogen-bond donors (Lipinski definition) is 2. The van der Waals surface area contributed by atoms with Gasteiger partial charge in [-0.3, -0.25) is 5.10 Å². The summed E-state index contributed by atoms with van der Waals surface area (Å²) in [5.41, 5.74) is 1.68. The third kappa shape index (κ3) is 2.98. The summed E-state index contributed by atoms with van der Waals surface area (Å²) in [7, 11) is -3.49. The van der Waals surface area contributed by atoms with E-state index in [1.807, 2.05) is 23.8 Å². The topological polar surface area (TPSA) is 74.8 Å². The second-order valence-electron chi connectivity index (χ2n) is 4.22. The van der Waals surface area contributed by atoms with Gasteiger partial charge in [-0.1, -0.05) is 0 Å². The molecule has 0 saturated carbocycles. The lowest BCUT2D eigenvalue weighted by Crippen LogP contribution is -2.34. The molecule has 5 nitrogen and oxygen atoms in total. The average molecular weight is 285 g/mol. The standard InChI is InChI=1S/C11H15N3O2S2/c1-8(5-10-3-4-17-7-10)14-18(15,16)11-6-12-13-9(11)2/h3-4,6-8,14H,5H2,1-2H3,(H,12,13). The predicted octanol–water partition coefficient (Wildman–Crippen LogP) is 1.69. The van der Waals surface area contributed by atoms with E-state index >= 15 is 0 Å². The maximum absolute atomic E-state index is 12.1. The van der Waals surface area contributed by atoms with Gasteiger partial charge in [0, 0.05) is 6.04 Å². The van der Waals surface area contributed by atoms with Gasteiger partial charge in [-0.05, 0) is 42.7 Å².